The van der Waals surface area contributed by atoms with Crippen molar-refractivity contribution >= 4 is 5.91 Å². The number of primary amides is 1. The van der Waals surface area contributed by atoms with Crippen LogP contribution < -0.4 is 5.73 Å². The molecule has 0 aromatic carbocycles. The standard InChI is InChI=1S/C7H14FNO/c1-2-3-4-5-6(8)7(9)10/h6H,2-5H2,1H3,(H2,9,10). The zero-order chi connectivity index (χ0) is 7.98. The molecule has 0 radical (unpaired) electrons. The molecule has 0 heterocycles. The van der Waals surface area contributed by atoms with Crippen molar-refractivity contribution in [2.45, 2.75) is 38.8 Å². The molecule has 0 fully saturated rings. The van der Waals surface area contributed by atoms with Gasteiger partial charge in [0.05, 0.1) is 0 Å². The Hall–Kier alpha value is -0.600. The van der Waals surface area contributed by atoms with E-state index in [0.29, 0.717) is 0 Å². The molecule has 0 saturated carbocycles. The van der Waals surface area contributed by atoms with Gasteiger partial charge in [-0.1, -0.05) is 26.2 Å². The van der Waals surface area contributed by atoms with Crippen molar-refractivity contribution in [3.8, 4) is 0 Å². The summed E-state index contributed by atoms with van der Waals surface area (Å²) in [4.78, 5) is 10.1. The molecule has 1 atom stereocenters. The maximum atomic E-state index is 12.4. The first kappa shape index (κ1) is 9.40. The molecule has 2 nitrogen and oxygen atoms in total. The van der Waals surface area contributed by atoms with Crippen LogP contribution in [0.15, 0.2) is 0 Å². The van der Waals surface area contributed by atoms with Crippen LogP contribution in [0.1, 0.15) is 32.6 Å². The largest absolute Gasteiger partial charge is 0.367 e. The van der Waals surface area contributed by atoms with Crippen molar-refractivity contribution in [3.63, 3.8) is 0 Å². The van der Waals surface area contributed by atoms with Gasteiger partial charge in [-0.25, -0.2) is 4.39 Å². The Morgan fingerprint density at radius 3 is 2.60 bits per heavy atom. The predicted molar refractivity (Wildman–Crippen MR) is 38.2 cm³/mol. The summed E-state index contributed by atoms with van der Waals surface area (Å²) in [6.45, 7) is 2.03. The molecule has 0 aliphatic heterocycles. The summed E-state index contributed by atoms with van der Waals surface area (Å²) in [5, 5.41) is 0. The van der Waals surface area contributed by atoms with Gasteiger partial charge in [0, 0.05) is 0 Å². The normalized spacial score (nSPS) is 13.0. The number of unbranched alkanes of at least 4 members (excludes halogenated alkanes) is 2. The molecule has 3 heteroatoms. The Morgan fingerprint density at radius 1 is 1.60 bits per heavy atom. The molecule has 0 spiro atoms. The number of alkyl halides is 1. The number of rotatable bonds is 5. The fourth-order valence-electron chi connectivity index (χ4n) is 0.716. The third-order valence-electron chi connectivity index (χ3n) is 1.37. The number of carbonyl (C=O) groups excluding carboxylic acids is 1. The lowest BCUT2D eigenvalue weighted by atomic mass is 10.1. The van der Waals surface area contributed by atoms with Gasteiger partial charge >= 0.3 is 0 Å². The Balaban J connectivity index is 3.21. The van der Waals surface area contributed by atoms with E-state index in [0.717, 1.165) is 19.3 Å². The second-order valence-corrected chi connectivity index (χ2v) is 2.37. The second-order valence-electron chi connectivity index (χ2n) is 2.37. The molecule has 0 aliphatic carbocycles. The minimum Gasteiger partial charge on any atom is -0.367 e. The predicted octanol–water partition coefficient (Wildman–Crippen LogP) is 1.39. The zero-order valence-corrected chi connectivity index (χ0v) is 6.27. The maximum Gasteiger partial charge on any atom is 0.251 e. The molecular formula is C7H14FNO. The molecule has 0 aromatic heterocycles. The second kappa shape index (κ2) is 5.21. The van der Waals surface area contributed by atoms with Crippen LogP contribution in [-0.2, 0) is 4.79 Å². The lowest BCUT2D eigenvalue weighted by Crippen LogP contribution is -2.24. The van der Waals surface area contributed by atoms with Crippen molar-refractivity contribution in [1.82, 2.24) is 0 Å². The van der Waals surface area contributed by atoms with Gasteiger partial charge in [-0.05, 0) is 6.42 Å². The van der Waals surface area contributed by atoms with E-state index in [4.69, 9.17) is 5.73 Å². The molecule has 2 N–H and O–H groups in total. The van der Waals surface area contributed by atoms with E-state index >= 15 is 0 Å². The summed E-state index contributed by atoms with van der Waals surface area (Å²) < 4.78 is 12.4. The first-order valence-electron chi connectivity index (χ1n) is 3.62. The van der Waals surface area contributed by atoms with Gasteiger partial charge in [-0.15, -0.1) is 0 Å². The van der Waals surface area contributed by atoms with Crippen LogP contribution in [0.5, 0.6) is 0 Å². The summed E-state index contributed by atoms with van der Waals surface area (Å²) in [5.74, 6) is -0.837. The topological polar surface area (TPSA) is 43.1 Å². The van der Waals surface area contributed by atoms with Gasteiger partial charge in [-0.2, -0.15) is 0 Å². The fraction of sp³-hybridized carbons (Fsp3) is 0.857. The van der Waals surface area contributed by atoms with Gasteiger partial charge in [0.1, 0.15) is 0 Å². The minimum atomic E-state index is -1.44. The number of carbonyl (C=O) groups is 1. The number of hydrogen-bond donors (Lipinski definition) is 1. The van der Waals surface area contributed by atoms with Crippen molar-refractivity contribution in [3.05, 3.63) is 0 Å². The molecule has 10 heavy (non-hydrogen) atoms. The van der Waals surface area contributed by atoms with E-state index in [9.17, 15) is 9.18 Å². The molecule has 60 valence electrons. The van der Waals surface area contributed by atoms with E-state index in [2.05, 4.69) is 0 Å². The Labute approximate surface area is 60.6 Å². The molecule has 0 saturated heterocycles. The highest BCUT2D eigenvalue weighted by molar-refractivity contribution is 5.78. The van der Waals surface area contributed by atoms with Crippen LogP contribution in [0.3, 0.4) is 0 Å². The van der Waals surface area contributed by atoms with E-state index in [1.165, 1.54) is 0 Å². The van der Waals surface area contributed by atoms with E-state index in [1.54, 1.807) is 0 Å². The van der Waals surface area contributed by atoms with Crippen LogP contribution in [0.4, 0.5) is 4.39 Å². The van der Waals surface area contributed by atoms with Gasteiger partial charge in [0.25, 0.3) is 5.91 Å². The summed E-state index contributed by atoms with van der Waals surface area (Å²) in [7, 11) is 0. The van der Waals surface area contributed by atoms with Crippen molar-refractivity contribution in [2.24, 2.45) is 5.73 Å². The lowest BCUT2D eigenvalue weighted by molar-refractivity contribution is -0.122. The van der Waals surface area contributed by atoms with Crippen LogP contribution in [-0.4, -0.2) is 12.1 Å². The summed E-state index contributed by atoms with van der Waals surface area (Å²) in [5.41, 5.74) is 4.70. The van der Waals surface area contributed by atoms with E-state index < -0.39 is 12.1 Å². The Morgan fingerprint density at radius 2 is 2.20 bits per heavy atom. The maximum absolute atomic E-state index is 12.4. The molecule has 1 amide bonds. The number of hydrogen-bond acceptors (Lipinski definition) is 1. The van der Waals surface area contributed by atoms with Gasteiger partial charge < -0.3 is 5.73 Å². The molecule has 1 unspecified atom stereocenters. The van der Waals surface area contributed by atoms with E-state index in [-0.39, 0.29) is 6.42 Å². The SMILES string of the molecule is CCCCCC(F)C(N)=O. The number of nitrogens with two attached hydrogens (primary N) is 1. The summed E-state index contributed by atoms with van der Waals surface area (Å²) >= 11 is 0. The summed E-state index contributed by atoms with van der Waals surface area (Å²) in [6.07, 6.45) is 1.59. The monoisotopic (exact) mass is 147 g/mol. The highest BCUT2D eigenvalue weighted by Gasteiger charge is 2.11. The molecule has 0 bridgehead atoms. The Kier molecular flexibility index (Phi) is 4.89. The van der Waals surface area contributed by atoms with Crippen molar-refractivity contribution < 1.29 is 9.18 Å². The van der Waals surface area contributed by atoms with Crippen LogP contribution in [0.2, 0.25) is 0 Å². The zero-order valence-electron chi connectivity index (χ0n) is 6.27. The molecule has 0 aliphatic rings. The quantitative estimate of drug-likeness (QED) is 0.587. The average Bonchev–Trinajstić information content (AvgIpc) is 1.88. The van der Waals surface area contributed by atoms with Crippen LogP contribution in [0.25, 0.3) is 0 Å². The molecular weight excluding hydrogens is 133 g/mol. The average molecular weight is 147 g/mol. The van der Waals surface area contributed by atoms with Gasteiger partial charge in [0.2, 0.25) is 0 Å². The lowest BCUT2D eigenvalue weighted by Gasteiger charge is -2.01. The highest BCUT2D eigenvalue weighted by Crippen LogP contribution is 2.05. The third-order valence-corrected chi connectivity index (χ3v) is 1.37. The van der Waals surface area contributed by atoms with Crippen LogP contribution >= 0.6 is 0 Å². The highest BCUT2D eigenvalue weighted by atomic mass is 19.1. The molecule has 0 aromatic rings. The first-order valence-corrected chi connectivity index (χ1v) is 3.62. The van der Waals surface area contributed by atoms with E-state index in [1.807, 2.05) is 6.92 Å². The number of amides is 1. The Bertz CT molecular complexity index is 106. The van der Waals surface area contributed by atoms with Crippen molar-refractivity contribution in [1.29, 1.82) is 0 Å². The van der Waals surface area contributed by atoms with Crippen LogP contribution in [0, 0.1) is 0 Å². The van der Waals surface area contributed by atoms with Gasteiger partial charge in [-0.3, -0.25) is 4.79 Å². The third kappa shape index (κ3) is 4.30. The fourth-order valence-corrected chi connectivity index (χ4v) is 0.716. The summed E-state index contributed by atoms with van der Waals surface area (Å²) in [6, 6.07) is 0. The van der Waals surface area contributed by atoms with Crippen molar-refractivity contribution in [2.75, 3.05) is 0 Å². The minimum absolute atomic E-state index is 0.281. The smallest absolute Gasteiger partial charge is 0.251 e. The first-order chi connectivity index (χ1) is 4.68. The number of halogens is 1. The van der Waals surface area contributed by atoms with Gasteiger partial charge in [0.15, 0.2) is 6.17 Å². The molecule has 0 rings (SSSR count).